The summed E-state index contributed by atoms with van der Waals surface area (Å²) in [4.78, 5) is 22.8. The Bertz CT molecular complexity index is 449. The first-order chi connectivity index (χ1) is 7.84. The molecule has 0 aliphatic heterocycles. The van der Waals surface area contributed by atoms with Crippen molar-refractivity contribution in [2.45, 2.75) is 40.5 Å². The molecular weight excluding hydrogens is 214 g/mol. The minimum atomic E-state index is -0.432. The fourth-order valence-electron chi connectivity index (χ4n) is 2.00. The molecule has 0 atom stereocenters. The minimum absolute atomic E-state index is 0.00519. The number of Topliss-reactive ketones (excluding diaryl/α,β-unsaturated/α-hetero) is 1. The lowest BCUT2D eigenvalue weighted by atomic mass is 9.90. The van der Waals surface area contributed by atoms with E-state index in [9.17, 15) is 9.59 Å². The maximum atomic E-state index is 12.1. The Morgan fingerprint density at radius 1 is 1.00 bits per heavy atom. The summed E-state index contributed by atoms with van der Waals surface area (Å²) < 4.78 is 0. The number of carbonyl (C=O) groups excluding carboxylic acids is 2. The second-order valence-electron chi connectivity index (χ2n) is 4.52. The predicted molar refractivity (Wildman–Crippen MR) is 68.1 cm³/mol. The van der Waals surface area contributed by atoms with Crippen LogP contribution in [0.1, 0.15) is 45.5 Å². The number of carbonyl (C=O) groups is 2. The molecule has 1 aromatic carbocycles. The average Bonchev–Trinajstić information content (AvgIpc) is 2.24. The highest BCUT2D eigenvalue weighted by atomic mass is 16.1. The van der Waals surface area contributed by atoms with Gasteiger partial charge in [0.1, 0.15) is 0 Å². The summed E-state index contributed by atoms with van der Waals surface area (Å²) in [6.45, 7) is 7.87. The molecule has 0 saturated heterocycles. The van der Waals surface area contributed by atoms with Gasteiger partial charge < -0.3 is 5.73 Å². The van der Waals surface area contributed by atoms with Gasteiger partial charge in [-0.1, -0.05) is 6.07 Å². The lowest BCUT2D eigenvalue weighted by Crippen LogP contribution is -2.14. The molecule has 2 N–H and O–H groups in total. The van der Waals surface area contributed by atoms with E-state index in [2.05, 4.69) is 6.07 Å². The van der Waals surface area contributed by atoms with Crippen LogP contribution in [0.25, 0.3) is 0 Å². The largest absolute Gasteiger partial charge is 0.370 e. The van der Waals surface area contributed by atoms with Crippen molar-refractivity contribution >= 4 is 11.7 Å². The molecule has 0 aromatic heterocycles. The number of primary amides is 1. The zero-order chi connectivity index (χ0) is 13.2. The summed E-state index contributed by atoms with van der Waals surface area (Å²) in [5.74, 6) is -0.427. The topological polar surface area (TPSA) is 60.2 Å². The Morgan fingerprint density at radius 2 is 1.47 bits per heavy atom. The van der Waals surface area contributed by atoms with Crippen molar-refractivity contribution in [1.82, 2.24) is 0 Å². The fraction of sp³-hybridized carbons (Fsp3) is 0.429. The number of benzene rings is 1. The molecule has 3 heteroatoms. The van der Waals surface area contributed by atoms with Crippen molar-refractivity contribution in [1.29, 1.82) is 0 Å². The van der Waals surface area contributed by atoms with Crippen molar-refractivity contribution < 1.29 is 9.59 Å². The standard InChI is InChI=1S/C14H19NO2/c1-8-7-9(2)11(4)14(10(8)3)12(16)5-6-13(15)17/h7H,5-6H2,1-4H3,(H2,15,17). The number of aryl methyl sites for hydroxylation is 2. The predicted octanol–water partition coefficient (Wildman–Crippen LogP) is 2.37. The third-order valence-electron chi connectivity index (χ3n) is 3.24. The van der Waals surface area contributed by atoms with Crippen LogP contribution in [0.3, 0.4) is 0 Å². The first-order valence-electron chi connectivity index (χ1n) is 5.73. The highest BCUT2D eigenvalue weighted by Crippen LogP contribution is 2.23. The molecule has 0 radical (unpaired) electrons. The van der Waals surface area contributed by atoms with E-state index in [-0.39, 0.29) is 18.6 Å². The highest BCUT2D eigenvalue weighted by Gasteiger charge is 2.16. The Morgan fingerprint density at radius 3 is 1.88 bits per heavy atom. The molecule has 1 rings (SSSR count). The van der Waals surface area contributed by atoms with Gasteiger partial charge in [-0.15, -0.1) is 0 Å². The molecule has 92 valence electrons. The van der Waals surface area contributed by atoms with Crippen molar-refractivity contribution in [2.75, 3.05) is 0 Å². The van der Waals surface area contributed by atoms with Crippen LogP contribution in [0.4, 0.5) is 0 Å². The first kappa shape index (κ1) is 13.4. The number of amides is 1. The molecule has 0 unspecified atom stereocenters. The van der Waals surface area contributed by atoms with E-state index in [4.69, 9.17) is 5.73 Å². The van der Waals surface area contributed by atoms with E-state index in [0.29, 0.717) is 0 Å². The van der Waals surface area contributed by atoms with Crippen molar-refractivity contribution in [2.24, 2.45) is 5.73 Å². The molecule has 0 bridgehead atoms. The van der Waals surface area contributed by atoms with E-state index < -0.39 is 5.91 Å². The molecule has 3 nitrogen and oxygen atoms in total. The average molecular weight is 233 g/mol. The van der Waals surface area contributed by atoms with Gasteiger partial charge in [-0.3, -0.25) is 9.59 Å². The summed E-state index contributed by atoms with van der Waals surface area (Å²) in [5, 5.41) is 0. The van der Waals surface area contributed by atoms with E-state index >= 15 is 0 Å². The zero-order valence-corrected chi connectivity index (χ0v) is 10.9. The molecule has 1 amide bonds. The third kappa shape index (κ3) is 2.93. The van der Waals surface area contributed by atoms with Gasteiger partial charge in [0.05, 0.1) is 0 Å². The number of hydrogen-bond donors (Lipinski definition) is 1. The van der Waals surface area contributed by atoms with Gasteiger partial charge in [0.25, 0.3) is 0 Å². The molecule has 0 spiro atoms. The second-order valence-corrected chi connectivity index (χ2v) is 4.52. The lowest BCUT2D eigenvalue weighted by Gasteiger charge is -2.13. The van der Waals surface area contributed by atoms with Crippen molar-refractivity contribution in [3.8, 4) is 0 Å². The quantitative estimate of drug-likeness (QED) is 0.811. The number of rotatable bonds is 4. The Kier molecular flexibility index (Phi) is 4.05. The Balaban J connectivity index is 3.12. The van der Waals surface area contributed by atoms with Crippen LogP contribution in [-0.2, 0) is 4.79 Å². The Labute approximate surface area is 102 Å². The van der Waals surface area contributed by atoms with Gasteiger partial charge in [0, 0.05) is 18.4 Å². The summed E-state index contributed by atoms with van der Waals surface area (Å²) in [5.41, 5.74) is 10.0. The van der Waals surface area contributed by atoms with Crippen molar-refractivity contribution in [3.63, 3.8) is 0 Å². The SMILES string of the molecule is Cc1cc(C)c(C)c(C(=O)CCC(N)=O)c1C. The molecule has 0 aliphatic carbocycles. The maximum absolute atomic E-state index is 12.1. The van der Waals surface area contributed by atoms with Crippen molar-refractivity contribution in [3.05, 3.63) is 33.9 Å². The third-order valence-corrected chi connectivity index (χ3v) is 3.24. The normalized spacial score (nSPS) is 10.4. The number of hydrogen-bond acceptors (Lipinski definition) is 2. The van der Waals surface area contributed by atoms with E-state index in [1.807, 2.05) is 27.7 Å². The molecule has 0 aliphatic rings. The summed E-state index contributed by atoms with van der Waals surface area (Å²) in [6.07, 6.45) is 0.310. The maximum Gasteiger partial charge on any atom is 0.217 e. The molecule has 0 heterocycles. The van der Waals surface area contributed by atoms with Gasteiger partial charge in [-0.05, 0) is 49.9 Å². The van der Waals surface area contributed by atoms with Gasteiger partial charge in [0.15, 0.2) is 5.78 Å². The molecule has 0 saturated carbocycles. The van der Waals surface area contributed by atoms with Crippen LogP contribution in [0.5, 0.6) is 0 Å². The van der Waals surface area contributed by atoms with Crippen LogP contribution >= 0.6 is 0 Å². The lowest BCUT2D eigenvalue weighted by molar-refractivity contribution is -0.118. The minimum Gasteiger partial charge on any atom is -0.370 e. The molecule has 0 fully saturated rings. The first-order valence-corrected chi connectivity index (χ1v) is 5.73. The smallest absolute Gasteiger partial charge is 0.217 e. The van der Waals surface area contributed by atoms with Crippen LogP contribution in [0.2, 0.25) is 0 Å². The van der Waals surface area contributed by atoms with Crippen LogP contribution in [-0.4, -0.2) is 11.7 Å². The van der Waals surface area contributed by atoms with Crippen LogP contribution in [0.15, 0.2) is 6.07 Å². The monoisotopic (exact) mass is 233 g/mol. The Hall–Kier alpha value is -1.64. The van der Waals surface area contributed by atoms with Gasteiger partial charge in [0.2, 0.25) is 5.91 Å². The van der Waals surface area contributed by atoms with E-state index in [1.54, 1.807) is 0 Å². The molecule has 17 heavy (non-hydrogen) atoms. The molecular formula is C14H19NO2. The summed E-state index contributed by atoms with van der Waals surface area (Å²) in [6, 6.07) is 2.08. The fourth-order valence-corrected chi connectivity index (χ4v) is 2.00. The second kappa shape index (κ2) is 5.13. The highest BCUT2D eigenvalue weighted by molar-refractivity contribution is 6.00. The van der Waals surface area contributed by atoms with Crippen LogP contribution < -0.4 is 5.73 Å². The summed E-state index contributed by atoms with van der Waals surface area (Å²) in [7, 11) is 0. The van der Waals surface area contributed by atoms with Gasteiger partial charge >= 0.3 is 0 Å². The van der Waals surface area contributed by atoms with E-state index in [0.717, 1.165) is 27.8 Å². The number of ketones is 1. The number of nitrogens with two attached hydrogens (primary N) is 1. The van der Waals surface area contributed by atoms with Gasteiger partial charge in [-0.2, -0.15) is 0 Å². The van der Waals surface area contributed by atoms with Gasteiger partial charge in [-0.25, -0.2) is 0 Å². The molecule has 1 aromatic rings. The zero-order valence-electron chi connectivity index (χ0n) is 10.9. The summed E-state index contributed by atoms with van der Waals surface area (Å²) >= 11 is 0. The van der Waals surface area contributed by atoms with E-state index in [1.165, 1.54) is 0 Å². The van der Waals surface area contributed by atoms with Crippen LogP contribution in [0, 0.1) is 27.7 Å².